The molecule has 3 atom stereocenters. The Kier molecular flexibility index (Phi) is 7.10. The summed E-state index contributed by atoms with van der Waals surface area (Å²) in [6.45, 7) is 7.35. The Morgan fingerprint density at radius 1 is 1.30 bits per heavy atom. The van der Waals surface area contributed by atoms with E-state index in [1.54, 1.807) is 0 Å². The first-order valence-electron chi connectivity index (χ1n) is 11.4. The Hall–Kier alpha value is -1.86. The number of hydrogen-bond donors (Lipinski definition) is 1. The zero-order valence-corrected chi connectivity index (χ0v) is 19.4. The summed E-state index contributed by atoms with van der Waals surface area (Å²) >= 11 is 1.89. The molecule has 0 spiro atoms. The topological polar surface area (TPSA) is 48.7 Å². The van der Waals surface area contributed by atoms with Crippen LogP contribution in [0.15, 0.2) is 34.9 Å². The SMILES string of the molecule is CCNC(=NCC1CCCN(C)C1c1cccs1)N1CCC(Cc2cnn(C)c2)C1. The molecule has 164 valence electrons. The molecule has 0 aromatic carbocycles. The Labute approximate surface area is 185 Å². The highest BCUT2D eigenvalue weighted by atomic mass is 32.1. The molecule has 0 bridgehead atoms. The van der Waals surface area contributed by atoms with Crippen molar-refractivity contribution in [3.8, 4) is 0 Å². The van der Waals surface area contributed by atoms with E-state index in [9.17, 15) is 0 Å². The molecule has 2 saturated heterocycles. The fourth-order valence-corrected chi connectivity index (χ4v) is 6.07. The minimum Gasteiger partial charge on any atom is -0.357 e. The number of piperidine rings is 1. The summed E-state index contributed by atoms with van der Waals surface area (Å²) in [6, 6.07) is 4.98. The van der Waals surface area contributed by atoms with Crippen LogP contribution in [0.3, 0.4) is 0 Å². The van der Waals surface area contributed by atoms with Crippen LogP contribution in [0.5, 0.6) is 0 Å². The predicted octanol–water partition coefficient (Wildman–Crippen LogP) is 3.39. The van der Waals surface area contributed by atoms with Crippen molar-refractivity contribution in [3.63, 3.8) is 0 Å². The number of likely N-dealkylation sites (tertiary alicyclic amines) is 2. The van der Waals surface area contributed by atoms with E-state index in [0.717, 1.165) is 38.6 Å². The van der Waals surface area contributed by atoms with Gasteiger partial charge in [-0.05, 0) is 75.0 Å². The second kappa shape index (κ2) is 9.96. The summed E-state index contributed by atoms with van der Waals surface area (Å²) in [7, 11) is 4.27. The monoisotopic (exact) mass is 428 g/mol. The summed E-state index contributed by atoms with van der Waals surface area (Å²) in [6.07, 6.45) is 9.02. The number of thiophene rings is 1. The number of aryl methyl sites for hydroxylation is 1. The lowest BCUT2D eigenvalue weighted by Crippen LogP contribution is -2.41. The molecule has 4 heterocycles. The molecule has 30 heavy (non-hydrogen) atoms. The second-order valence-corrected chi connectivity index (χ2v) is 9.84. The zero-order valence-electron chi connectivity index (χ0n) is 18.6. The maximum absolute atomic E-state index is 5.15. The highest BCUT2D eigenvalue weighted by Crippen LogP contribution is 2.37. The average Bonchev–Trinajstić information content (AvgIpc) is 3.48. The molecule has 2 aliphatic rings. The van der Waals surface area contributed by atoms with Crippen molar-refractivity contribution in [3.05, 3.63) is 40.3 Å². The number of guanidine groups is 1. The van der Waals surface area contributed by atoms with E-state index in [1.165, 1.54) is 36.2 Å². The standard InChI is InChI=1S/C23H36N6S/c1-4-24-23(29-11-9-18(17-29)13-19-14-26-28(3)16-19)25-15-20-7-5-10-27(2)22(20)21-8-6-12-30-21/h6,8,12,14,16,18,20,22H,4-5,7,9-11,13,15,17H2,1-3H3,(H,24,25). The van der Waals surface area contributed by atoms with Gasteiger partial charge in [-0.25, -0.2) is 0 Å². The molecule has 2 aliphatic heterocycles. The van der Waals surface area contributed by atoms with Crippen molar-refractivity contribution in [1.29, 1.82) is 0 Å². The Bertz CT molecular complexity index is 814. The van der Waals surface area contributed by atoms with E-state index in [0.29, 0.717) is 17.9 Å². The van der Waals surface area contributed by atoms with Gasteiger partial charge >= 0.3 is 0 Å². The predicted molar refractivity (Wildman–Crippen MR) is 125 cm³/mol. The molecule has 0 aliphatic carbocycles. The fraction of sp³-hybridized carbons (Fsp3) is 0.652. The van der Waals surface area contributed by atoms with Crippen LogP contribution in [0.2, 0.25) is 0 Å². The van der Waals surface area contributed by atoms with Crippen LogP contribution >= 0.6 is 11.3 Å². The Balaban J connectivity index is 1.40. The van der Waals surface area contributed by atoms with Gasteiger partial charge in [-0.1, -0.05) is 6.07 Å². The van der Waals surface area contributed by atoms with Crippen LogP contribution < -0.4 is 5.32 Å². The van der Waals surface area contributed by atoms with Crippen molar-refractivity contribution in [2.75, 3.05) is 39.8 Å². The van der Waals surface area contributed by atoms with Crippen molar-refractivity contribution in [2.24, 2.45) is 23.9 Å². The van der Waals surface area contributed by atoms with Gasteiger partial charge in [0.25, 0.3) is 0 Å². The smallest absolute Gasteiger partial charge is 0.193 e. The summed E-state index contributed by atoms with van der Waals surface area (Å²) in [4.78, 5) is 11.6. The molecule has 1 N–H and O–H groups in total. The fourth-order valence-electron chi connectivity index (χ4n) is 5.09. The van der Waals surface area contributed by atoms with Crippen LogP contribution in [-0.4, -0.2) is 65.3 Å². The molecule has 2 aromatic rings. The number of rotatable bonds is 6. The molecule has 0 radical (unpaired) electrons. The molecular weight excluding hydrogens is 392 g/mol. The Morgan fingerprint density at radius 2 is 2.20 bits per heavy atom. The van der Waals surface area contributed by atoms with E-state index < -0.39 is 0 Å². The highest BCUT2D eigenvalue weighted by molar-refractivity contribution is 7.10. The lowest BCUT2D eigenvalue weighted by molar-refractivity contribution is 0.128. The van der Waals surface area contributed by atoms with Crippen LogP contribution in [0.4, 0.5) is 0 Å². The van der Waals surface area contributed by atoms with Crippen LogP contribution in [0.25, 0.3) is 0 Å². The number of nitrogens with one attached hydrogen (secondary N) is 1. The van der Waals surface area contributed by atoms with Crippen molar-refractivity contribution >= 4 is 17.3 Å². The Morgan fingerprint density at radius 3 is 2.93 bits per heavy atom. The molecule has 0 saturated carbocycles. The summed E-state index contributed by atoms with van der Waals surface area (Å²) < 4.78 is 1.90. The number of nitrogens with zero attached hydrogens (tertiary/aromatic N) is 5. The maximum Gasteiger partial charge on any atom is 0.193 e. The summed E-state index contributed by atoms with van der Waals surface area (Å²) in [5.74, 6) is 2.37. The largest absolute Gasteiger partial charge is 0.357 e. The molecule has 4 rings (SSSR count). The van der Waals surface area contributed by atoms with E-state index in [1.807, 2.05) is 29.3 Å². The summed E-state index contributed by atoms with van der Waals surface area (Å²) in [5, 5.41) is 10.1. The second-order valence-electron chi connectivity index (χ2n) is 8.86. The maximum atomic E-state index is 5.15. The molecule has 2 fully saturated rings. The molecule has 0 amide bonds. The minimum atomic E-state index is 0.502. The molecule has 7 heteroatoms. The normalized spacial score (nSPS) is 25.8. The van der Waals surface area contributed by atoms with Crippen molar-refractivity contribution in [2.45, 2.75) is 38.6 Å². The average molecular weight is 429 g/mol. The zero-order chi connectivity index (χ0) is 20.9. The molecular formula is C23H36N6S. The van der Waals surface area contributed by atoms with E-state index >= 15 is 0 Å². The lowest BCUT2D eigenvalue weighted by atomic mass is 9.88. The molecule has 3 unspecified atom stereocenters. The quantitative estimate of drug-likeness (QED) is 0.566. The lowest BCUT2D eigenvalue weighted by Gasteiger charge is -2.38. The highest BCUT2D eigenvalue weighted by Gasteiger charge is 2.32. The van der Waals surface area contributed by atoms with Gasteiger partial charge in [0.05, 0.1) is 6.20 Å². The van der Waals surface area contributed by atoms with Gasteiger partial charge in [0.2, 0.25) is 0 Å². The number of hydrogen-bond acceptors (Lipinski definition) is 4. The first-order chi connectivity index (χ1) is 14.6. The van der Waals surface area contributed by atoms with Crippen molar-refractivity contribution < 1.29 is 0 Å². The third-order valence-corrected chi connectivity index (χ3v) is 7.46. The van der Waals surface area contributed by atoms with Gasteiger partial charge in [-0.2, -0.15) is 5.10 Å². The minimum absolute atomic E-state index is 0.502. The van der Waals surface area contributed by atoms with Gasteiger partial charge in [-0.3, -0.25) is 14.6 Å². The van der Waals surface area contributed by atoms with E-state index in [4.69, 9.17) is 4.99 Å². The van der Waals surface area contributed by atoms with Gasteiger partial charge < -0.3 is 10.2 Å². The molecule has 2 aromatic heterocycles. The number of aliphatic imine (C=N–C) groups is 1. The van der Waals surface area contributed by atoms with Gasteiger partial charge in [-0.15, -0.1) is 11.3 Å². The van der Waals surface area contributed by atoms with Gasteiger partial charge in [0.1, 0.15) is 0 Å². The third kappa shape index (κ3) is 5.06. The van der Waals surface area contributed by atoms with Crippen LogP contribution in [-0.2, 0) is 13.5 Å². The van der Waals surface area contributed by atoms with E-state index in [-0.39, 0.29) is 0 Å². The number of aromatic nitrogens is 2. The third-order valence-electron chi connectivity index (χ3n) is 6.52. The first-order valence-corrected chi connectivity index (χ1v) is 12.3. The van der Waals surface area contributed by atoms with Gasteiger partial charge in [0.15, 0.2) is 5.96 Å². The molecule has 6 nitrogen and oxygen atoms in total. The summed E-state index contributed by atoms with van der Waals surface area (Å²) in [5.41, 5.74) is 1.34. The first kappa shape index (κ1) is 21.4. The van der Waals surface area contributed by atoms with Crippen LogP contribution in [0, 0.1) is 11.8 Å². The van der Waals surface area contributed by atoms with Gasteiger partial charge in [0, 0.05) is 50.3 Å². The van der Waals surface area contributed by atoms with E-state index in [2.05, 4.69) is 57.9 Å². The van der Waals surface area contributed by atoms with Crippen molar-refractivity contribution in [1.82, 2.24) is 24.9 Å². The van der Waals surface area contributed by atoms with Crippen LogP contribution in [0.1, 0.15) is 42.7 Å².